The molecule has 0 atom stereocenters. The average molecular weight is 270 g/mol. The lowest BCUT2D eigenvalue weighted by atomic mass is 10.1. The Morgan fingerprint density at radius 3 is 2.95 bits per heavy atom. The molecule has 0 bridgehead atoms. The molecule has 0 saturated carbocycles. The number of halogens is 1. The van der Waals surface area contributed by atoms with E-state index in [0.717, 1.165) is 16.5 Å². The molecule has 102 valence electrons. The lowest BCUT2D eigenvalue weighted by molar-refractivity contribution is 0.414. The van der Waals surface area contributed by atoms with E-state index in [1.54, 1.807) is 19.2 Å². The number of ether oxygens (including phenoxy) is 1. The van der Waals surface area contributed by atoms with Gasteiger partial charge in [-0.1, -0.05) is 18.2 Å². The number of H-pyrrole nitrogens is 1. The van der Waals surface area contributed by atoms with Crippen molar-refractivity contribution in [2.75, 3.05) is 12.4 Å². The van der Waals surface area contributed by atoms with Crippen LogP contribution in [0.15, 0.2) is 48.7 Å². The van der Waals surface area contributed by atoms with Gasteiger partial charge in [-0.2, -0.15) is 0 Å². The van der Waals surface area contributed by atoms with Crippen LogP contribution in [0.2, 0.25) is 0 Å². The molecule has 2 N–H and O–H groups in total. The molecule has 0 spiro atoms. The largest absolute Gasteiger partial charge is 0.497 e. The van der Waals surface area contributed by atoms with Gasteiger partial charge in [-0.25, -0.2) is 4.39 Å². The number of anilines is 1. The van der Waals surface area contributed by atoms with Crippen molar-refractivity contribution in [2.24, 2.45) is 0 Å². The summed E-state index contributed by atoms with van der Waals surface area (Å²) in [5.41, 5.74) is 2.60. The molecule has 2 aromatic carbocycles. The Balaban J connectivity index is 1.84. The van der Waals surface area contributed by atoms with Crippen molar-refractivity contribution >= 4 is 16.6 Å². The first-order chi connectivity index (χ1) is 9.78. The van der Waals surface area contributed by atoms with Crippen LogP contribution in [0.1, 0.15) is 5.56 Å². The summed E-state index contributed by atoms with van der Waals surface area (Å²) < 4.78 is 18.8. The minimum atomic E-state index is -0.288. The first-order valence-corrected chi connectivity index (χ1v) is 6.40. The summed E-state index contributed by atoms with van der Waals surface area (Å²) in [6, 6.07) is 12.7. The zero-order chi connectivity index (χ0) is 13.9. The first-order valence-electron chi connectivity index (χ1n) is 6.40. The Kier molecular flexibility index (Phi) is 3.29. The smallest absolute Gasteiger partial charge is 0.146 e. The summed E-state index contributed by atoms with van der Waals surface area (Å²) in [5, 5.41) is 4.26. The van der Waals surface area contributed by atoms with Crippen LogP contribution in [0, 0.1) is 5.82 Å². The Bertz CT molecular complexity index is 736. The van der Waals surface area contributed by atoms with Crippen molar-refractivity contribution in [2.45, 2.75) is 6.54 Å². The fourth-order valence-electron chi connectivity index (χ4n) is 2.25. The summed E-state index contributed by atoms with van der Waals surface area (Å²) in [6.45, 7) is 0.544. The fourth-order valence-corrected chi connectivity index (χ4v) is 2.25. The quantitative estimate of drug-likeness (QED) is 0.753. The van der Waals surface area contributed by atoms with E-state index < -0.39 is 0 Å². The number of hydrogen-bond acceptors (Lipinski definition) is 2. The molecule has 1 aromatic heterocycles. The van der Waals surface area contributed by atoms with E-state index >= 15 is 0 Å². The molecule has 20 heavy (non-hydrogen) atoms. The number of para-hydroxylation sites is 1. The summed E-state index contributed by atoms with van der Waals surface area (Å²) in [4.78, 5) is 3.20. The molecule has 1 heterocycles. The molecule has 3 rings (SSSR count). The van der Waals surface area contributed by atoms with Crippen LogP contribution in [0.25, 0.3) is 10.9 Å². The maximum atomic E-state index is 13.7. The van der Waals surface area contributed by atoms with Gasteiger partial charge in [0.15, 0.2) is 0 Å². The number of methoxy groups -OCH3 is 1. The lowest BCUT2D eigenvalue weighted by Crippen LogP contribution is -2.02. The lowest BCUT2D eigenvalue weighted by Gasteiger charge is -2.10. The number of rotatable bonds is 4. The molecule has 0 saturated heterocycles. The molecule has 0 amide bonds. The van der Waals surface area contributed by atoms with Crippen molar-refractivity contribution in [1.82, 2.24) is 4.98 Å². The first kappa shape index (κ1) is 12.5. The zero-order valence-corrected chi connectivity index (χ0v) is 11.1. The van der Waals surface area contributed by atoms with Gasteiger partial charge in [0.05, 0.1) is 18.3 Å². The number of benzene rings is 2. The molecule has 0 aliphatic carbocycles. The van der Waals surface area contributed by atoms with E-state index in [0.29, 0.717) is 18.0 Å². The van der Waals surface area contributed by atoms with Gasteiger partial charge in [0, 0.05) is 18.8 Å². The minimum Gasteiger partial charge on any atom is -0.497 e. The summed E-state index contributed by atoms with van der Waals surface area (Å²) in [7, 11) is 1.57. The summed E-state index contributed by atoms with van der Waals surface area (Å²) >= 11 is 0. The number of aromatic amines is 1. The molecule has 4 heteroatoms. The van der Waals surface area contributed by atoms with Crippen LogP contribution < -0.4 is 10.1 Å². The van der Waals surface area contributed by atoms with Crippen LogP contribution in [-0.2, 0) is 6.54 Å². The Labute approximate surface area is 116 Å². The highest BCUT2D eigenvalue weighted by atomic mass is 19.1. The standard InChI is InChI=1S/C16H15FN2O/c1-20-13-5-6-14(17)15(9-13)19-10-12-4-2-3-11-7-8-18-16(11)12/h2-9,18-19H,10H2,1H3. The van der Waals surface area contributed by atoms with Gasteiger partial charge in [-0.3, -0.25) is 0 Å². The Hall–Kier alpha value is -2.49. The SMILES string of the molecule is COc1ccc(F)c(NCc2cccc3cc[nH]c23)c1. The topological polar surface area (TPSA) is 37.0 Å². The minimum absolute atomic E-state index is 0.288. The number of hydrogen-bond donors (Lipinski definition) is 2. The molecule has 0 aliphatic heterocycles. The highest BCUT2D eigenvalue weighted by Gasteiger charge is 2.06. The van der Waals surface area contributed by atoms with E-state index in [2.05, 4.69) is 10.3 Å². The molecular formula is C16H15FN2O. The van der Waals surface area contributed by atoms with Crippen molar-refractivity contribution in [3.8, 4) is 5.75 Å². The normalized spacial score (nSPS) is 10.7. The maximum absolute atomic E-state index is 13.7. The molecule has 0 fully saturated rings. The molecule has 0 unspecified atom stereocenters. The number of aromatic nitrogens is 1. The van der Waals surface area contributed by atoms with E-state index in [1.807, 2.05) is 30.5 Å². The fraction of sp³-hybridized carbons (Fsp3) is 0.125. The molecular weight excluding hydrogens is 255 g/mol. The van der Waals surface area contributed by atoms with Crippen molar-refractivity contribution < 1.29 is 9.13 Å². The molecule has 3 aromatic rings. The molecule has 0 aliphatic rings. The summed E-state index contributed by atoms with van der Waals surface area (Å²) in [6.07, 6.45) is 1.90. The molecule has 3 nitrogen and oxygen atoms in total. The van der Waals surface area contributed by atoms with Crippen LogP contribution >= 0.6 is 0 Å². The maximum Gasteiger partial charge on any atom is 0.146 e. The third-order valence-corrected chi connectivity index (χ3v) is 3.32. The highest BCUT2D eigenvalue weighted by Crippen LogP contribution is 2.23. The second-order valence-electron chi connectivity index (χ2n) is 4.56. The van der Waals surface area contributed by atoms with Crippen LogP contribution in [0.5, 0.6) is 5.75 Å². The van der Waals surface area contributed by atoms with Crippen molar-refractivity contribution in [3.63, 3.8) is 0 Å². The second-order valence-corrected chi connectivity index (χ2v) is 4.56. The van der Waals surface area contributed by atoms with Crippen LogP contribution in [0.4, 0.5) is 10.1 Å². The van der Waals surface area contributed by atoms with Gasteiger partial charge in [0.1, 0.15) is 11.6 Å². The predicted molar refractivity (Wildman–Crippen MR) is 78.6 cm³/mol. The van der Waals surface area contributed by atoms with E-state index in [4.69, 9.17) is 4.74 Å². The molecule has 0 radical (unpaired) electrons. The third-order valence-electron chi connectivity index (χ3n) is 3.32. The monoisotopic (exact) mass is 270 g/mol. The average Bonchev–Trinajstić information content (AvgIpc) is 2.95. The zero-order valence-electron chi connectivity index (χ0n) is 11.1. The number of nitrogens with one attached hydrogen (secondary N) is 2. The Morgan fingerprint density at radius 2 is 2.10 bits per heavy atom. The van der Waals surface area contributed by atoms with Gasteiger partial charge < -0.3 is 15.0 Å². The van der Waals surface area contributed by atoms with Gasteiger partial charge in [0.2, 0.25) is 0 Å². The van der Waals surface area contributed by atoms with Crippen LogP contribution in [-0.4, -0.2) is 12.1 Å². The van der Waals surface area contributed by atoms with Gasteiger partial charge in [-0.05, 0) is 29.1 Å². The van der Waals surface area contributed by atoms with E-state index in [9.17, 15) is 4.39 Å². The van der Waals surface area contributed by atoms with Crippen molar-refractivity contribution in [3.05, 3.63) is 60.0 Å². The van der Waals surface area contributed by atoms with E-state index in [-0.39, 0.29) is 5.82 Å². The van der Waals surface area contributed by atoms with E-state index in [1.165, 1.54) is 6.07 Å². The highest BCUT2D eigenvalue weighted by molar-refractivity contribution is 5.82. The van der Waals surface area contributed by atoms with Gasteiger partial charge in [-0.15, -0.1) is 0 Å². The summed E-state index contributed by atoms with van der Waals surface area (Å²) in [5.74, 6) is 0.344. The van der Waals surface area contributed by atoms with Gasteiger partial charge in [0.25, 0.3) is 0 Å². The van der Waals surface area contributed by atoms with Crippen molar-refractivity contribution in [1.29, 1.82) is 0 Å². The van der Waals surface area contributed by atoms with Crippen LogP contribution in [0.3, 0.4) is 0 Å². The van der Waals surface area contributed by atoms with Gasteiger partial charge >= 0.3 is 0 Å². The third kappa shape index (κ3) is 2.32. The number of fused-ring (bicyclic) bond motifs is 1. The predicted octanol–water partition coefficient (Wildman–Crippen LogP) is 3.93. The second kappa shape index (κ2) is 5.25. The Morgan fingerprint density at radius 1 is 1.20 bits per heavy atom.